The van der Waals surface area contributed by atoms with Crippen molar-refractivity contribution in [1.82, 2.24) is 0 Å². The zero-order valence-electron chi connectivity index (χ0n) is 9.59. The highest BCUT2D eigenvalue weighted by Gasteiger charge is 2.02. The molecule has 0 bridgehead atoms. The summed E-state index contributed by atoms with van der Waals surface area (Å²) in [7, 11) is -0.819. The average molecular weight is 241 g/mol. The number of hydrogen-bond acceptors (Lipinski definition) is 3. The molecule has 0 radical (unpaired) electrons. The van der Waals surface area contributed by atoms with E-state index in [4.69, 9.17) is 10.5 Å². The van der Waals surface area contributed by atoms with Crippen molar-refractivity contribution in [1.29, 1.82) is 0 Å². The van der Waals surface area contributed by atoms with Crippen molar-refractivity contribution >= 4 is 10.8 Å². The van der Waals surface area contributed by atoms with Crippen LogP contribution >= 0.6 is 0 Å². The Hall–Kier alpha value is -0.870. The lowest BCUT2D eigenvalue weighted by Gasteiger charge is -2.07. The highest BCUT2D eigenvalue weighted by molar-refractivity contribution is 7.84. The zero-order valence-corrected chi connectivity index (χ0v) is 10.4. The first kappa shape index (κ1) is 13.2. The van der Waals surface area contributed by atoms with Gasteiger partial charge in [0.25, 0.3) is 0 Å². The highest BCUT2D eigenvalue weighted by Crippen LogP contribution is 2.07. The van der Waals surface area contributed by atoms with E-state index >= 15 is 0 Å². The van der Waals surface area contributed by atoms with Crippen molar-refractivity contribution in [2.24, 2.45) is 5.73 Å². The van der Waals surface area contributed by atoms with E-state index in [1.807, 2.05) is 37.3 Å². The molecule has 0 amide bonds. The van der Waals surface area contributed by atoms with Gasteiger partial charge < -0.3 is 10.5 Å². The third-order valence-corrected chi connectivity index (χ3v) is 3.44. The molecule has 2 unspecified atom stereocenters. The van der Waals surface area contributed by atoms with Gasteiger partial charge >= 0.3 is 0 Å². The molecule has 1 aromatic carbocycles. The molecular formula is C12H19NO2S. The maximum atomic E-state index is 11.5. The van der Waals surface area contributed by atoms with Crippen LogP contribution < -0.4 is 10.5 Å². The second-order valence-corrected chi connectivity index (χ2v) is 5.47. The van der Waals surface area contributed by atoms with Crippen molar-refractivity contribution < 1.29 is 8.95 Å². The monoisotopic (exact) mass is 241 g/mol. The predicted octanol–water partition coefficient (Wildman–Crippen LogP) is 1.55. The minimum absolute atomic E-state index is 0.124. The Bertz CT molecular complexity index is 314. The van der Waals surface area contributed by atoms with Crippen LogP contribution in [0.4, 0.5) is 0 Å². The Morgan fingerprint density at radius 2 is 2.00 bits per heavy atom. The van der Waals surface area contributed by atoms with E-state index in [0.717, 1.165) is 12.2 Å². The minimum Gasteiger partial charge on any atom is -0.493 e. The molecule has 0 aliphatic rings. The predicted molar refractivity (Wildman–Crippen MR) is 68.1 cm³/mol. The van der Waals surface area contributed by atoms with E-state index in [9.17, 15) is 4.21 Å². The molecule has 0 aliphatic carbocycles. The molecular weight excluding hydrogens is 222 g/mol. The Kier molecular flexibility index (Phi) is 6.11. The van der Waals surface area contributed by atoms with Crippen LogP contribution in [0.2, 0.25) is 0 Å². The van der Waals surface area contributed by atoms with E-state index < -0.39 is 10.8 Å². The van der Waals surface area contributed by atoms with Crippen molar-refractivity contribution in [2.45, 2.75) is 19.4 Å². The van der Waals surface area contributed by atoms with Gasteiger partial charge in [-0.05, 0) is 25.5 Å². The van der Waals surface area contributed by atoms with Crippen LogP contribution in [0.15, 0.2) is 30.3 Å². The first-order valence-electron chi connectivity index (χ1n) is 5.47. The van der Waals surface area contributed by atoms with Crippen LogP contribution in [0, 0.1) is 0 Å². The molecule has 0 aliphatic heterocycles. The van der Waals surface area contributed by atoms with E-state index in [1.54, 1.807) is 0 Å². The first-order chi connectivity index (χ1) is 7.68. The SMILES string of the molecule is CC(N)CCS(=O)CCOc1ccccc1. The molecule has 3 nitrogen and oxygen atoms in total. The largest absolute Gasteiger partial charge is 0.493 e. The maximum Gasteiger partial charge on any atom is 0.119 e. The van der Waals surface area contributed by atoms with Gasteiger partial charge in [0, 0.05) is 22.6 Å². The summed E-state index contributed by atoms with van der Waals surface area (Å²) >= 11 is 0. The van der Waals surface area contributed by atoms with Gasteiger partial charge in [-0.3, -0.25) is 4.21 Å². The number of ether oxygens (including phenoxy) is 1. The van der Waals surface area contributed by atoms with E-state index in [2.05, 4.69) is 0 Å². The second-order valence-electron chi connectivity index (χ2n) is 3.78. The fourth-order valence-corrected chi connectivity index (χ4v) is 2.30. The Morgan fingerprint density at radius 3 is 2.62 bits per heavy atom. The van der Waals surface area contributed by atoms with Gasteiger partial charge in [-0.2, -0.15) is 0 Å². The molecule has 1 aromatic rings. The molecule has 1 rings (SSSR count). The van der Waals surface area contributed by atoms with E-state index in [0.29, 0.717) is 18.1 Å². The standard InChI is InChI=1S/C12H19NO2S/c1-11(13)7-9-16(14)10-8-15-12-5-3-2-4-6-12/h2-6,11H,7-10,13H2,1H3. The van der Waals surface area contributed by atoms with E-state index in [1.165, 1.54) is 0 Å². The number of benzene rings is 1. The molecule has 16 heavy (non-hydrogen) atoms. The first-order valence-corrected chi connectivity index (χ1v) is 6.95. The number of para-hydroxylation sites is 1. The Balaban J connectivity index is 2.13. The molecule has 2 N–H and O–H groups in total. The van der Waals surface area contributed by atoms with E-state index in [-0.39, 0.29) is 6.04 Å². The molecule has 0 fully saturated rings. The second kappa shape index (κ2) is 7.41. The van der Waals surface area contributed by atoms with Gasteiger partial charge in [0.1, 0.15) is 5.75 Å². The quantitative estimate of drug-likeness (QED) is 0.788. The van der Waals surface area contributed by atoms with Crippen LogP contribution in [0.1, 0.15) is 13.3 Å². The smallest absolute Gasteiger partial charge is 0.119 e. The third-order valence-electron chi connectivity index (χ3n) is 2.12. The molecule has 2 atom stereocenters. The van der Waals surface area contributed by atoms with Crippen molar-refractivity contribution in [3.8, 4) is 5.75 Å². The number of nitrogens with two attached hydrogens (primary N) is 1. The molecule has 0 heterocycles. The summed E-state index contributed by atoms with van der Waals surface area (Å²) in [5, 5.41) is 0. The van der Waals surface area contributed by atoms with Gasteiger partial charge in [-0.25, -0.2) is 0 Å². The summed E-state index contributed by atoms with van der Waals surface area (Å²) < 4.78 is 17.0. The molecule has 0 aromatic heterocycles. The zero-order chi connectivity index (χ0) is 11.8. The summed E-state index contributed by atoms with van der Waals surface area (Å²) in [5.41, 5.74) is 5.59. The molecule has 0 spiro atoms. The maximum absolute atomic E-state index is 11.5. The minimum atomic E-state index is -0.819. The number of hydrogen-bond donors (Lipinski definition) is 1. The third kappa shape index (κ3) is 5.88. The summed E-state index contributed by atoms with van der Waals surface area (Å²) in [4.78, 5) is 0. The fourth-order valence-electron chi connectivity index (χ4n) is 1.19. The Labute approximate surface area is 99.4 Å². The van der Waals surface area contributed by atoms with Crippen LogP contribution in [-0.4, -0.2) is 28.4 Å². The molecule has 0 saturated carbocycles. The van der Waals surface area contributed by atoms with Crippen molar-refractivity contribution in [2.75, 3.05) is 18.1 Å². The van der Waals surface area contributed by atoms with Gasteiger partial charge in [-0.1, -0.05) is 18.2 Å². The molecule has 90 valence electrons. The fraction of sp³-hybridized carbons (Fsp3) is 0.500. The normalized spacial score (nSPS) is 14.4. The Morgan fingerprint density at radius 1 is 1.31 bits per heavy atom. The lowest BCUT2D eigenvalue weighted by Crippen LogP contribution is -2.20. The van der Waals surface area contributed by atoms with Gasteiger partial charge in [0.2, 0.25) is 0 Å². The van der Waals surface area contributed by atoms with Crippen LogP contribution in [0.5, 0.6) is 5.75 Å². The summed E-state index contributed by atoms with van der Waals surface area (Å²) in [6.07, 6.45) is 0.804. The van der Waals surface area contributed by atoms with Crippen molar-refractivity contribution in [3.63, 3.8) is 0 Å². The average Bonchev–Trinajstić information content (AvgIpc) is 2.28. The molecule has 4 heteroatoms. The van der Waals surface area contributed by atoms with Gasteiger partial charge in [0.15, 0.2) is 0 Å². The number of rotatable bonds is 7. The van der Waals surface area contributed by atoms with Gasteiger partial charge in [0.05, 0.1) is 12.4 Å². The summed E-state index contributed by atoms with van der Waals surface area (Å²) in [6, 6.07) is 9.69. The summed E-state index contributed by atoms with van der Waals surface area (Å²) in [5.74, 6) is 2.06. The molecule has 0 saturated heterocycles. The highest BCUT2D eigenvalue weighted by atomic mass is 32.2. The van der Waals surface area contributed by atoms with Crippen LogP contribution in [0.25, 0.3) is 0 Å². The lowest BCUT2D eigenvalue weighted by molar-refractivity contribution is 0.342. The topological polar surface area (TPSA) is 52.3 Å². The lowest BCUT2D eigenvalue weighted by atomic mass is 10.3. The van der Waals surface area contributed by atoms with Crippen LogP contribution in [-0.2, 0) is 10.8 Å². The van der Waals surface area contributed by atoms with Crippen LogP contribution in [0.3, 0.4) is 0 Å². The van der Waals surface area contributed by atoms with Gasteiger partial charge in [-0.15, -0.1) is 0 Å². The van der Waals surface area contributed by atoms with Crippen molar-refractivity contribution in [3.05, 3.63) is 30.3 Å². The summed E-state index contributed by atoms with van der Waals surface area (Å²) in [6.45, 7) is 2.42.